The van der Waals surface area contributed by atoms with Gasteiger partial charge in [0.1, 0.15) is 6.20 Å². The number of aromatic nitrogens is 2. The van der Waals surface area contributed by atoms with Crippen molar-refractivity contribution in [1.29, 1.82) is 0 Å². The molecule has 0 aliphatic heterocycles. The van der Waals surface area contributed by atoms with Crippen LogP contribution in [0.5, 0.6) is 0 Å². The summed E-state index contributed by atoms with van der Waals surface area (Å²) < 4.78 is 0. The monoisotopic (exact) mass is 391 g/mol. The molecule has 0 saturated heterocycles. The van der Waals surface area contributed by atoms with Crippen molar-refractivity contribution in [1.82, 2.24) is 9.97 Å². The molecule has 0 fully saturated rings. The molecular weight excluding hydrogens is 374 g/mol. The molecule has 0 aliphatic carbocycles. The first-order valence-corrected chi connectivity index (χ1v) is 8.61. The highest BCUT2D eigenvalue weighted by atomic mass is 16.6. The number of nitro groups is 1. The molecule has 2 N–H and O–H groups in total. The quantitative estimate of drug-likeness (QED) is 0.347. The molecule has 0 radical (unpaired) electrons. The van der Waals surface area contributed by atoms with Crippen LogP contribution in [-0.2, 0) is 0 Å². The van der Waals surface area contributed by atoms with E-state index in [0.29, 0.717) is 22.5 Å². The van der Waals surface area contributed by atoms with Gasteiger partial charge >= 0.3 is 5.69 Å². The topological polar surface area (TPSA) is 127 Å². The predicted molar refractivity (Wildman–Crippen MR) is 108 cm³/mol. The molecule has 3 rings (SSSR count). The van der Waals surface area contributed by atoms with Crippen LogP contribution in [0.2, 0.25) is 0 Å². The van der Waals surface area contributed by atoms with E-state index < -0.39 is 4.92 Å². The molecule has 0 atom stereocenters. The molecule has 2 aromatic carbocycles. The number of hydrogen-bond donors (Lipinski definition) is 2. The Hall–Kier alpha value is -4.14. The van der Waals surface area contributed by atoms with Crippen LogP contribution >= 0.6 is 0 Å². The fourth-order valence-corrected chi connectivity index (χ4v) is 2.50. The van der Waals surface area contributed by atoms with Crippen molar-refractivity contribution in [3.05, 3.63) is 76.0 Å². The molecular formula is C20H17N5O4. The number of nitrogens with one attached hydrogen (secondary N) is 2. The van der Waals surface area contributed by atoms with E-state index >= 15 is 0 Å². The fourth-order valence-electron chi connectivity index (χ4n) is 2.50. The molecule has 9 heteroatoms. The largest absolute Gasteiger partial charge is 0.334 e. The van der Waals surface area contributed by atoms with Gasteiger partial charge in [0.15, 0.2) is 11.6 Å². The molecule has 0 amide bonds. The number of carbonyl (C=O) groups excluding carboxylic acids is 2. The van der Waals surface area contributed by atoms with Gasteiger partial charge in [-0.25, -0.2) is 4.98 Å². The van der Waals surface area contributed by atoms with E-state index in [1.54, 1.807) is 48.5 Å². The van der Waals surface area contributed by atoms with E-state index in [-0.39, 0.29) is 29.0 Å². The zero-order valence-electron chi connectivity index (χ0n) is 15.7. The van der Waals surface area contributed by atoms with Crippen LogP contribution in [0.25, 0.3) is 0 Å². The van der Waals surface area contributed by atoms with Crippen LogP contribution in [0, 0.1) is 10.1 Å². The van der Waals surface area contributed by atoms with Gasteiger partial charge in [-0.2, -0.15) is 4.98 Å². The Balaban J connectivity index is 1.86. The Morgan fingerprint density at radius 3 is 1.79 bits per heavy atom. The number of Topliss-reactive ketones (excluding diaryl/α,β-unsaturated/α-hetero) is 2. The summed E-state index contributed by atoms with van der Waals surface area (Å²) in [5.41, 5.74) is 1.97. The van der Waals surface area contributed by atoms with E-state index in [9.17, 15) is 19.7 Å². The minimum atomic E-state index is -0.586. The minimum Gasteiger partial charge on any atom is -0.334 e. The average Bonchev–Trinajstić information content (AvgIpc) is 2.69. The normalized spacial score (nSPS) is 10.3. The summed E-state index contributed by atoms with van der Waals surface area (Å²) >= 11 is 0. The van der Waals surface area contributed by atoms with Crippen LogP contribution in [0.4, 0.5) is 28.8 Å². The highest BCUT2D eigenvalue weighted by Crippen LogP contribution is 2.27. The Labute approximate surface area is 166 Å². The number of ketones is 2. The molecule has 29 heavy (non-hydrogen) atoms. The van der Waals surface area contributed by atoms with E-state index in [1.807, 2.05) is 0 Å². The third kappa shape index (κ3) is 4.78. The lowest BCUT2D eigenvalue weighted by molar-refractivity contribution is -0.384. The van der Waals surface area contributed by atoms with Crippen LogP contribution < -0.4 is 10.6 Å². The van der Waals surface area contributed by atoms with Crippen molar-refractivity contribution in [2.45, 2.75) is 13.8 Å². The molecule has 9 nitrogen and oxygen atoms in total. The molecule has 0 bridgehead atoms. The lowest BCUT2D eigenvalue weighted by Crippen LogP contribution is -2.05. The molecule has 3 aromatic rings. The molecule has 0 spiro atoms. The zero-order chi connectivity index (χ0) is 21.0. The second-order valence-electron chi connectivity index (χ2n) is 6.20. The molecule has 146 valence electrons. The SMILES string of the molecule is CC(=O)c1ccc(Nc2ncc([N+](=O)[O-])c(Nc3ccc(C(C)=O)cc3)n2)cc1. The van der Waals surface area contributed by atoms with Crippen molar-refractivity contribution < 1.29 is 14.5 Å². The van der Waals surface area contributed by atoms with Gasteiger partial charge in [-0.1, -0.05) is 0 Å². The van der Waals surface area contributed by atoms with E-state index in [2.05, 4.69) is 20.6 Å². The van der Waals surface area contributed by atoms with Gasteiger partial charge in [0, 0.05) is 22.5 Å². The summed E-state index contributed by atoms with van der Waals surface area (Å²) in [5, 5.41) is 17.1. The Bertz CT molecular complexity index is 1080. The van der Waals surface area contributed by atoms with Crippen LogP contribution in [0.1, 0.15) is 34.6 Å². The summed E-state index contributed by atoms with van der Waals surface area (Å²) in [6.07, 6.45) is 1.10. The smallest absolute Gasteiger partial charge is 0.329 e. The number of rotatable bonds is 7. The first-order chi connectivity index (χ1) is 13.8. The van der Waals surface area contributed by atoms with Crippen LogP contribution in [0.15, 0.2) is 54.7 Å². The van der Waals surface area contributed by atoms with Crippen molar-refractivity contribution in [2.24, 2.45) is 0 Å². The molecule has 0 aliphatic rings. The lowest BCUT2D eigenvalue weighted by Gasteiger charge is -2.09. The van der Waals surface area contributed by atoms with Gasteiger partial charge in [-0.15, -0.1) is 0 Å². The Morgan fingerprint density at radius 1 is 0.862 bits per heavy atom. The fraction of sp³-hybridized carbons (Fsp3) is 0.100. The number of hydrogen-bond acceptors (Lipinski definition) is 8. The Kier molecular flexibility index (Phi) is 5.59. The van der Waals surface area contributed by atoms with Gasteiger partial charge < -0.3 is 10.6 Å². The van der Waals surface area contributed by atoms with Crippen molar-refractivity contribution >= 4 is 40.4 Å². The number of carbonyl (C=O) groups is 2. The van der Waals surface area contributed by atoms with E-state index in [1.165, 1.54) is 13.8 Å². The van der Waals surface area contributed by atoms with Gasteiger partial charge in [0.2, 0.25) is 11.8 Å². The first-order valence-electron chi connectivity index (χ1n) is 8.61. The summed E-state index contributed by atoms with van der Waals surface area (Å²) in [7, 11) is 0. The highest BCUT2D eigenvalue weighted by molar-refractivity contribution is 5.95. The number of nitrogens with zero attached hydrogens (tertiary/aromatic N) is 3. The minimum absolute atomic E-state index is 0.00318. The number of benzene rings is 2. The van der Waals surface area contributed by atoms with Crippen molar-refractivity contribution in [3.8, 4) is 0 Å². The van der Waals surface area contributed by atoms with Gasteiger partial charge in [-0.3, -0.25) is 19.7 Å². The van der Waals surface area contributed by atoms with Gasteiger partial charge in [0.25, 0.3) is 0 Å². The number of anilines is 4. The Morgan fingerprint density at radius 2 is 1.34 bits per heavy atom. The summed E-state index contributed by atoms with van der Waals surface area (Å²) in [5.74, 6) is 0.0229. The van der Waals surface area contributed by atoms with Gasteiger partial charge in [0.05, 0.1) is 4.92 Å². The summed E-state index contributed by atoms with van der Waals surface area (Å²) in [4.78, 5) is 41.6. The second-order valence-corrected chi connectivity index (χ2v) is 6.20. The maximum atomic E-state index is 11.4. The van der Waals surface area contributed by atoms with Crippen molar-refractivity contribution in [2.75, 3.05) is 10.6 Å². The molecule has 1 aromatic heterocycles. The van der Waals surface area contributed by atoms with Crippen LogP contribution in [0.3, 0.4) is 0 Å². The molecule has 0 unspecified atom stereocenters. The maximum absolute atomic E-state index is 11.4. The lowest BCUT2D eigenvalue weighted by atomic mass is 10.1. The average molecular weight is 391 g/mol. The highest BCUT2D eigenvalue weighted by Gasteiger charge is 2.18. The maximum Gasteiger partial charge on any atom is 0.329 e. The standard InChI is InChI=1S/C20H17N5O4/c1-12(26)14-3-7-16(8-4-14)22-19-18(25(28)29)11-21-20(24-19)23-17-9-5-15(6-10-17)13(2)27/h3-11H,1-2H3,(H2,21,22,23,24). The zero-order valence-corrected chi connectivity index (χ0v) is 15.7. The molecule has 1 heterocycles. The third-order valence-corrected chi connectivity index (χ3v) is 4.07. The summed E-state index contributed by atoms with van der Waals surface area (Å²) in [6.45, 7) is 2.93. The third-order valence-electron chi connectivity index (χ3n) is 4.07. The predicted octanol–water partition coefficient (Wildman–Crippen LogP) is 4.28. The first kappa shape index (κ1) is 19.6. The van der Waals surface area contributed by atoms with E-state index in [4.69, 9.17) is 0 Å². The van der Waals surface area contributed by atoms with Crippen LogP contribution in [-0.4, -0.2) is 26.5 Å². The summed E-state index contributed by atoms with van der Waals surface area (Å²) in [6, 6.07) is 13.2. The van der Waals surface area contributed by atoms with Gasteiger partial charge in [-0.05, 0) is 62.4 Å². The van der Waals surface area contributed by atoms with E-state index in [0.717, 1.165) is 6.20 Å². The van der Waals surface area contributed by atoms with Crippen molar-refractivity contribution in [3.63, 3.8) is 0 Å². The second kappa shape index (κ2) is 8.26. The molecule has 0 saturated carbocycles.